The molecule has 0 aromatic carbocycles. The predicted octanol–water partition coefficient (Wildman–Crippen LogP) is 0.416. The second-order valence-corrected chi connectivity index (χ2v) is 11.5. The van der Waals surface area contributed by atoms with Gasteiger partial charge in [-0.15, -0.1) is 0 Å². The SMILES string of the molecule is CC1(C)C2CN(C(=O)[C@@H](NC(=O)C(F)(F)F)C(C)(C)C)C(C(=O)N[C@H](C#N)C[C@@H]3CC(O)NC3=O)C21. The molecule has 2 aliphatic heterocycles. The molecule has 0 aromatic heterocycles. The lowest BCUT2D eigenvalue weighted by atomic mass is 9.85. The summed E-state index contributed by atoms with van der Waals surface area (Å²) in [7, 11) is 0. The maximum Gasteiger partial charge on any atom is 0.471 e. The summed E-state index contributed by atoms with van der Waals surface area (Å²) in [6.45, 7) is 8.49. The van der Waals surface area contributed by atoms with Crippen LogP contribution in [0, 0.1) is 39.9 Å². The molecule has 13 heteroatoms. The highest BCUT2D eigenvalue weighted by atomic mass is 19.4. The molecule has 0 radical (unpaired) electrons. The molecule has 1 aliphatic carbocycles. The van der Waals surface area contributed by atoms with Crippen LogP contribution in [0.25, 0.3) is 0 Å². The number of halogens is 3. The van der Waals surface area contributed by atoms with Crippen molar-refractivity contribution in [3.63, 3.8) is 0 Å². The van der Waals surface area contributed by atoms with Crippen LogP contribution in [0.3, 0.4) is 0 Å². The molecular weight excluding hydrogens is 483 g/mol. The highest BCUT2D eigenvalue weighted by molar-refractivity contribution is 5.95. The number of nitriles is 1. The van der Waals surface area contributed by atoms with Crippen molar-refractivity contribution >= 4 is 23.6 Å². The van der Waals surface area contributed by atoms with Crippen molar-refractivity contribution in [3.8, 4) is 6.07 Å². The summed E-state index contributed by atoms with van der Waals surface area (Å²) in [6, 6.07) is -1.76. The molecule has 1 saturated carbocycles. The normalized spacial score (nSPS) is 30.5. The van der Waals surface area contributed by atoms with Crippen molar-refractivity contribution in [2.24, 2.45) is 28.6 Å². The van der Waals surface area contributed by atoms with Crippen molar-refractivity contribution in [2.75, 3.05) is 6.54 Å². The summed E-state index contributed by atoms with van der Waals surface area (Å²) < 4.78 is 38.8. The Morgan fingerprint density at radius 1 is 1.25 bits per heavy atom. The van der Waals surface area contributed by atoms with Gasteiger partial charge in [0.1, 0.15) is 24.4 Å². The number of carbonyl (C=O) groups is 4. The number of amides is 4. The molecule has 2 heterocycles. The summed E-state index contributed by atoms with van der Waals surface area (Å²) in [5, 5.41) is 25.8. The molecule has 4 N–H and O–H groups in total. The van der Waals surface area contributed by atoms with E-state index in [1.54, 1.807) is 5.32 Å². The van der Waals surface area contributed by atoms with Crippen LogP contribution in [-0.2, 0) is 19.2 Å². The van der Waals surface area contributed by atoms with E-state index in [-0.39, 0.29) is 36.6 Å². The quantitative estimate of drug-likeness (QED) is 0.402. The first-order valence-corrected chi connectivity index (χ1v) is 11.8. The second kappa shape index (κ2) is 9.21. The minimum atomic E-state index is -5.18. The molecule has 7 atom stereocenters. The van der Waals surface area contributed by atoms with Crippen LogP contribution < -0.4 is 16.0 Å². The zero-order valence-electron chi connectivity index (χ0n) is 20.8. The van der Waals surface area contributed by atoms with Gasteiger partial charge in [0.2, 0.25) is 17.7 Å². The number of rotatable bonds is 6. The van der Waals surface area contributed by atoms with E-state index in [2.05, 4.69) is 10.6 Å². The Morgan fingerprint density at radius 2 is 1.86 bits per heavy atom. The fraction of sp³-hybridized carbons (Fsp3) is 0.783. The van der Waals surface area contributed by atoms with Gasteiger partial charge >= 0.3 is 12.1 Å². The van der Waals surface area contributed by atoms with Crippen LogP contribution in [-0.4, -0.2) is 70.7 Å². The average molecular weight is 516 g/mol. The van der Waals surface area contributed by atoms with Crippen LogP contribution in [0.5, 0.6) is 0 Å². The highest BCUT2D eigenvalue weighted by Crippen LogP contribution is 2.65. The summed E-state index contributed by atoms with van der Waals surface area (Å²) in [5.74, 6) is -5.19. The molecule has 3 aliphatic rings. The number of piperidine rings is 1. The zero-order valence-corrected chi connectivity index (χ0v) is 20.8. The number of hydrogen-bond donors (Lipinski definition) is 4. The van der Waals surface area contributed by atoms with Crippen molar-refractivity contribution in [1.82, 2.24) is 20.9 Å². The summed E-state index contributed by atoms with van der Waals surface area (Å²) in [4.78, 5) is 51.6. The average Bonchev–Trinajstić information content (AvgIpc) is 3.06. The van der Waals surface area contributed by atoms with E-state index < -0.39 is 65.5 Å². The van der Waals surface area contributed by atoms with Gasteiger partial charge < -0.3 is 26.0 Å². The molecule has 4 unspecified atom stereocenters. The first kappa shape index (κ1) is 27.7. The van der Waals surface area contributed by atoms with Gasteiger partial charge in [0.15, 0.2) is 0 Å². The van der Waals surface area contributed by atoms with Crippen molar-refractivity contribution in [3.05, 3.63) is 0 Å². The molecule has 2 saturated heterocycles. The van der Waals surface area contributed by atoms with E-state index >= 15 is 0 Å². The Morgan fingerprint density at radius 3 is 2.33 bits per heavy atom. The third-order valence-electron chi connectivity index (χ3n) is 7.59. The van der Waals surface area contributed by atoms with Crippen molar-refractivity contribution in [1.29, 1.82) is 5.26 Å². The molecule has 0 aromatic rings. The lowest BCUT2D eigenvalue weighted by Crippen LogP contribution is -2.61. The minimum Gasteiger partial charge on any atom is -0.374 e. The number of alkyl halides is 3. The maximum atomic E-state index is 13.5. The first-order chi connectivity index (χ1) is 16.4. The number of aliphatic hydroxyl groups excluding tert-OH is 1. The zero-order chi connectivity index (χ0) is 27.4. The molecule has 4 amide bonds. The molecule has 0 bridgehead atoms. The van der Waals surface area contributed by atoms with Crippen LogP contribution in [0.15, 0.2) is 0 Å². The Bertz CT molecular complexity index is 986. The fourth-order valence-corrected chi connectivity index (χ4v) is 5.45. The number of aliphatic hydroxyl groups is 1. The lowest BCUT2D eigenvalue weighted by molar-refractivity contribution is -0.176. The van der Waals surface area contributed by atoms with Gasteiger partial charge in [-0.25, -0.2) is 0 Å². The van der Waals surface area contributed by atoms with E-state index in [4.69, 9.17) is 0 Å². The molecule has 200 valence electrons. The number of carbonyl (C=O) groups excluding carboxylic acids is 4. The van der Waals surface area contributed by atoms with Crippen molar-refractivity contribution < 1.29 is 37.5 Å². The number of nitrogens with zero attached hydrogens (tertiary/aromatic N) is 2. The van der Waals surface area contributed by atoms with Crippen LogP contribution in [0.2, 0.25) is 0 Å². The minimum absolute atomic E-state index is 0.0461. The number of fused-ring (bicyclic) bond motifs is 1. The summed E-state index contributed by atoms with van der Waals surface area (Å²) in [5.41, 5.74) is -1.39. The smallest absolute Gasteiger partial charge is 0.374 e. The van der Waals surface area contributed by atoms with Crippen LogP contribution >= 0.6 is 0 Å². The van der Waals surface area contributed by atoms with Gasteiger partial charge in [-0.3, -0.25) is 19.2 Å². The van der Waals surface area contributed by atoms with Gasteiger partial charge in [-0.05, 0) is 29.1 Å². The van der Waals surface area contributed by atoms with Gasteiger partial charge in [0.25, 0.3) is 0 Å². The van der Waals surface area contributed by atoms with E-state index in [1.165, 1.54) is 25.7 Å². The molecule has 0 spiro atoms. The second-order valence-electron chi connectivity index (χ2n) is 11.5. The van der Waals surface area contributed by atoms with Gasteiger partial charge in [0.05, 0.1) is 6.07 Å². The molecule has 10 nitrogen and oxygen atoms in total. The Labute approximate surface area is 206 Å². The third kappa shape index (κ3) is 5.28. The number of nitrogens with one attached hydrogen (secondary N) is 3. The highest BCUT2D eigenvalue weighted by Gasteiger charge is 2.70. The van der Waals surface area contributed by atoms with Gasteiger partial charge in [-0.2, -0.15) is 18.4 Å². The number of likely N-dealkylation sites (tertiary alicyclic amines) is 1. The standard InChI is InChI=1S/C23H32F3N5O5/c1-21(2,3)16(30-20(36)23(24,25)26)19(35)31-9-12-14(22(12,4)5)15(31)18(34)28-11(8-27)6-10-7-13(32)29-17(10)33/h10-16,32H,6-7,9H2,1-5H3,(H,28,34)(H,29,33)(H,30,36)/t10-,11+,12?,13?,14?,15?,16-/m1/s1. The van der Waals surface area contributed by atoms with E-state index in [0.717, 1.165) is 0 Å². The Balaban J connectivity index is 1.80. The van der Waals surface area contributed by atoms with E-state index in [0.29, 0.717) is 0 Å². The van der Waals surface area contributed by atoms with Crippen LogP contribution in [0.1, 0.15) is 47.5 Å². The van der Waals surface area contributed by atoms with Crippen LogP contribution in [0.4, 0.5) is 13.2 Å². The predicted molar refractivity (Wildman–Crippen MR) is 118 cm³/mol. The topological polar surface area (TPSA) is 152 Å². The van der Waals surface area contributed by atoms with Crippen molar-refractivity contribution in [2.45, 2.75) is 78.0 Å². The monoisotopic (exact) mass is 515 g/mol. The third-order valence-corrected chi connectivity index (χ3v) is 7.59. The molecule has 3 rings (SSSR count). The maximum absolute atomic E-state index is 13.5. The molecule has 36 heavy (non-hydrogen) atoms. The van der Waals surface area contributed by atoms with E-state index in [9.17, 15) is 42.7 Å². The summed E-state index contributed by atoms with van der Waals surface area (Å²) >= 11 is 0. The molecule has 3 fully saturated rings. The molecular formula is C23H32F3N5O5. The summed E-state index contributed by atoms with van der Waals surface area (Å²) in [6.07, 6.45) is -6.18. The Hall–Kier alpha value is -2.88. The number of hydrogen-bond acceptors (Lipinski definition) is 6. The lowest BCUT2D eigenvalue weighted by Gasteiger charge is -2.37. The largest absolute Gasteiger partial charge is 0.471 e. The van der Waals surface area contributed by atoms with Gasteiger partial charge in [-0.1, -0.05) is 34.6 Å². The van der Waals surface area contributed by atoms with E-state index in [1.807, 2.05) is 19.9 Å². The van der Waals surface area contributed by atoms with Gasteiger partial charge in [0, 0.05) is 18.9 Å². The first-order valence-electron chi connectivity index (χ1n) is 11.8. The fourth-order valence-electron chi connectivity index (χ4n) is 5.45. The Kier molecular flexibility index (Phi) is 7.09.